The molecular formula is C20H36N4O6S. The number of carbonyl (C=O) groups excluding carboxylic acids is 3. The van der Waals surface area contributed by atoms with Crippen molar-refractivity contribution >= 4 is 35.5 Å². The number of nitrogens with zero attached hydrogens (tertiary/aromatic N) is 1. The minimum atomic E-state index is -1.34. The van der Waals surface area contributed by atoms with Gasteiger partial charge in [0.15, 0.2) is 0 Å². The van der Waals surface area contributed by atoms with E-state index in [1.54, 1.807) is 0 Å². The summed E-state index contributed by atoms with van der Waals surface area (Å²) in [6.07, 6.45) is 2.32. The maximum absolute atomic E-state index is 12.9. The fourth-order valence-corrected chi connectivity index (χ4v) is 4.01. The molecule has 31 heavy (non-hydrogen) atoms. The van der Waals surface area contributed by atoms with Gasteiger partial charge in [-0.1, -0.05) is 13.8 Å². The van der Waals surface area contributed by atoms with Gasteiger partial charge in [0.1, 0.15) is 18.1 Å². The second-order valence-corrected chi connectivity index (χ2v) is 9.32. The molecule has 1 saturated heterocycles. The Kier molecular flexibility index (Phi) is 11.3. The molecule has 11 heteroatoms. The number of carbonyl (C=O) groups is 4. The molecule has 1 fully saturated rings. The molecule has 5 atom stereocenters. The van der Waals surface area contributed by atoms with Crippen LogP contribution in [0.2, 0.25) is 0 Å². The highest BCUT2D eigenvalue weighted by Crippen LogP contribution is 2.20. The second-order valence-electron chi connectivity index (χ2n) is 8.33. The lowest BCUT2D eigenvalue weighted by atomic mass is 10.0. The molecule has 0 aromatic rings. The largest absolute Gasteiger partial charge is 0.480 e. The lowest BCUT2D eigenvalue weighted by Gasteiger charge is -2.29. The standard InChI is InChI=1S/C20H36N4O6S/c1-11(2)10-13(21)19(28)24-8-5-6-15(24)17(26)23-16(12(3)25)18(27)22-14(20(29)30)7-9-31-4/h11-16,25H,5-10,21H2,1-4H3,(H,22,27)(H,23,26)(H,29,30). The van der Waals surface area contributed by atoms with Crippen LogP contribution < -0.4 is 16.4 Å². The highest BCUT2D eigenvalue weighted by Gasteiger charge is 2.38. The number of aliphatic carboxylic acids is 1. The van der Waals surface area contributed by atoms with Gasteiger partial charge in [0.25, 0.3) is 0 Å². The van der Waals surface area contributed by atoms with E-state index in [0.29, 0.717) is 31.6 Å². The van der Waals surface area contributed by atoms with Gasteiger partial charge in [-0.15, -0.1) is 0 Å². The topological polar surface area (TPSA) is 162 Å². The van der Waals surface area contributed by atoms with E-state index >= 15 is 0 Å². The van der Waals surface area contributed by atoms with Crippen LogP contribution in [0.1, 0.15) is 46.5 Å². The van der Waals surface area contributed by atoms with Crippen LogP contribution in [0.25, 0.3) is 0 Å². The Bertz CT molecular complexity index is 645. The first kappa shape index (κ1) is 27.2. The molecule has 0 bridgehead atoms. The number of thioether (sulfide) groups is 1. The fraction of sp³-hybridized carbons (Fsp3) is 0.800. The van der Waals surface area contributed by atoms with Crippen LogP contribution in [0, 0.1) is 5.92 Å². The molecule has 0 aliphatic carbocycles. The van der Waals surface area contributed by atoms with Crippen LogP contribution in [0.15, 0.2) is 0 Å². The molecule has 1 aliphatic heterocycles. The monoisotopic (exact) mass is 460 g/mol. The molecule has 178 valence electrons. The Labute approximate surface area is 187 Å². The molecule has 1 aliphatic rings. The number of carboxylic acids is 1. The maximum atomic E-state index is 12.9. The lowest BCUT2D eigenvalue weighted by molar-refractivity contribution is -0.144. The van der Waals surface area contributed by atoms with Crippen LogP contribution >= 0.6 is 11.8 Å². The van der Waals surface area contributed by atoms with E-state index in [9.17, 15) is 29.4 Å². The number of aliphatic hydroxyl groups is 1. The normalized spacial score (nSPS) is 20.1. The number of rotatable bonds is 12. The van der Waals surface area contributed by atoms with Crippen molar-refractivity contribution in [1.82, 2.24) is 15.5 Å². The summed E-state index contributed by atoms with van der Waals surface area (Å²) in [7, 11) is 0. The van der Waals surface area contributed by atoms with E-state index < -0.39 is 48.1 Å². The van der Waals surface area contributed by atoms with Crippen LogP contribution in [0.4, 0.5) is 0 Å². The summed E-state index contributed by atoms with van der Waals surface area (Å²) >= 11 is 1.44. The van der Waals surface area contributed by atoms with Crippen molar-refractivity contribution in [2.75, 3.05) is 18.6 Å². The Hall–Kier alpha value is -1.85. The summed E-state index contributed by atoms with van der Waals surface area (Å²) in [5, 5.41) is 24.2. The first-order chi connectivity index (χ1) is 14.5. The van der Waals surface area contributed by atoms with Crippen LogP contribution in [-0.4, -0.2) is 87.6 Å². The van der Waals surface area contributed by atoms with E-state index in [2.05, 4.69) is 10.6 Å². The average Bonchev–Trinajstić information content (AvgIpc) is 3.17. The highest BCUT2D eigenvalue weighted by molar-refractivity contribution is 7.98. The molecule has 0 radical (unpaired) electrons. The summed E-state index contributed by atoms with van der Waals surface area (Å²) < 4.78 is 0. The molecule has 0 saturated carbocycles. The van der Waals surface area contributed by atoms with Gasteiger partial charge in [-0.3, -0.25) is 14.4 Å². The number of hydrogen-bond acceptors (Lipinski definition) is 7. The zero-order valence-electron chi connectivity index (χ0n) is 18.7. The third-order valence-electron chi connectivity index (χ3n) is 5.17. The molecule has 0 aromatic carbocycles. The number of likely N-dealkylation sites (tertiary alicyclic amines) is 1. The van der Waals surface area contributed by atoms with E-state index in [1.807, 2.05) is 20.1 Å². The Morgan fingerprint density at radius 3 is 2.35 bits per heavy atom. The molecule has 3 amide bonds. The third-order valence-corrected chi connectivity index (χ3v) is 5.81. The number of amides is 3. The minimum absolute atomic E-state index is 0.210. The van der Waals surface area contributed by atoms with Gasteiger partial charge in [-0.25, -0.2) is 4.79 Å². The van der Waals surface area contributed by atoms with Gasteiger partial charge in [-0.2, -0.15) is 11.8 Å². The maximum Gasteiger partial charge on any atom is 0.326 e. The van der Waals surface area contributed by atoms with Gasteiger partial charge < -0.3 is 31.5 Å². The zero-order valence-corrected chi connectivity index (χ0v) is 19.5. The zero-order chi connectivity index (χ0) is 23.7. The summed E-state index contributed by atoms with van der Waals surface area (Å²) in [5.41, 5.74) is 6.00. The van der Waals surface area contributed by atoms with Crippen molar-refractivity contribution in [1.29, 1.82) is 0 Å². The number of nitrogens with two attached hydrogens (primary N) is 1. The van der Waals surface area contributed by atoms with E-state index in [4.69, 9.17) is 5.73 Å². The van der Waals surface area contributed by atoms with Gasteiger partial charge in [-0.05, 0) is 50.5 Å². The molecule has 6 N–H and O–H groups in total. The molecule has 1 heterocycles. The van der Waals surface area contributed by atoms with Crippen molar-refractivity contribution in [3.05, 3.63) is 0 Å². The van der Waals surface area contributed by atoms with Crippen LogP contribution in [0.3, 0.4) is 0 Å². The summed E-state index contributed by atoms with van der Waals surface area (Å²) in [6.45, 7) is 5.63. The Morgan fingerprint density at radius 2 is 1.84 bits per heavy atom. The number of carboxylic acid groups (broad SMARTS) is 1. The molecule has 5 unspecified atom stereocenters. The van der Waals surface area contributed by atoms with Crippen LogP contribution in [-0.2, 0) is 19.2 Å². The third kappa shape index (κ3) is 8.30. The van der Waals surface area contributed by atoms with E-state index in [0.717, 1.165) is 0 Å². The number of aliphatic hydroxyl groups excluding tert-OH is 1. The molecule has 0 aromatic heterocycles. The lowest BCUT2D eigenvalue weighted by Crippen LogP contribution is -2.59. The quantitative estimate of drug-likeness (QED) is 0.261. The van der Waals surface area contributed by atoms with Crippen LogP contribution in [0.5, 0.6) is 0 Å². The van der Waals surface area contributed by atoms with Crippen molar-refractivity contribution in [3.63, 3.8) is 0 Å². The van der Waals surface area contributed by atoms with Gasteiger partial charge in [0.2, 0.25) is 17.7 Å². The summed E-state index contributed by atoms with van der Waals surface area (Å²) in [4.78, 5) is 51.0. The summed E-state index contributed by atoms with van der Waals surface area (Å²) in [6, 6.07) is -3.97. The first-order valence-corrected chi connectivity index (χ1v) is 12.0. The van der Waals surface area contributed by atoms with E-state index in [1.165, 1.54) is 23.6 Å². The van der Waals surface area contributed by atoms with Gasteiger partial charge >= 0.3 is 5.97 Å². The van der Waals surface area contributed by atoms with Crippen molar-refractivity contribution in [2.24, 2.45) is 11.7 Å². The first-order valence-electron chi connectivity index (χ1n) is 10.6. The van der Waals surface area contributed by atoms with Crippen molar-refractivity contribution in [2.45, 2.75) is 76.7 Å². The van der Waals surface area contributed by atoms with Gasteiger partial charge in [0.05, 0.1) is 12.1 Å². The van der Waals surface area contributed by atoms with Crippen molar-refractivity contribution < 1.29 is 29.4 Å². The second kappa shape index (κ2) is 12.9. The predicted molar refractivity (Wildman–Crippen MR) is 118 cm³/mol. The number of hydrogen-bond donors (Lipinski definition) is 5. The fourth-order valence-electron chi connectivity index (χ4n) is 3.53. The van der Waals surface area contributed by atoms with E-state index in [-0.39, 0.29) is 18.2 Å². The van der Waals surface area contributed by atoms with Crippen molar-refractivity contribution in [3.8, 4) is 0 Å². The average molecular weight is 461 g/mol. The summed E-state index contributed by atoms with van der Waals surface area (Å²) in [5.74, 6) is -2.11. The minimum Gasteiger partial charge on any atom is -0.480 e. The molecular weight excluding hydrogens is 424 g/mol. The molecule has 1 rings (SSSR count). The smallest absolute Gasteiger partial charge is 0.326 e. The highest BCUT2D eigenvalue weighted by atomic mass is 32.2. The number of nitrogens with one attached hydrogen (secondary N) is 2. The SMILES string of the molecule is CSCCC(NC(=O)C(NC(=O)C1CCCN1C(=O)C(N)CC(C)C)C(C)O)C(=O)O. The molecule has 0 spiro atoms. The predicted octanol–water partition coefficient (Wildman–Crippen LogP) is -0.461. The molecule has 10 nitrogen and oxygen atoms in total. The Balaban J connectivity index is 2.85. The Morgan fingerprint density at radius 1 is 1.19 bits per heavy atom. The van der Waals surface area contributed by atoms with Gasteiger partial charge in [0, 0.05) is 6.54 Å².